The molecule has 0 spiro atoms. The summed E-state index contributed by atoms with van der Waals surface area (Å²) in [6.07, 6.45) is 0. The molecular weight excluding hydrogens is 452 g/mol. The van der Waals surface area contributed by atoms with Gasteiger partial charge >= 0.3 is 5.97 Å². The molecule has 1 fully saturated rings. The molecule has 0 saturated carbocycles. The van der Waals surface area contributed by atoms with Crippen molar-refractivity contribution in [1.29, 1.82) is 0 Å². The number of rotatable bonds is 7. The Morgan fingerprint density at radius 3 is 2.75 bits per heavy atom. The maximum absolute atomic E-state index is 12.7. The van der Waals surface area contributed by atoms with Crippen molar-refractivity contribution in [2.45, 2.75) is 13.5 Å². The highest BCUT2D eigenvalue weighted by atomic mass is 35.5. The van der Waals surface area contributed by atoms with Crippen LogP contribution in [-0.4, -0.2) is 67.3 Å². The van der Waals surface area contributed by atoms with Crippen LogP contribution in [0.1, 0.15) is 21.1 Å². The third kappa shape index (κ3) is 4.96. The number of aromatic amines is 1. The van der Waals surface area contributed by atoms with Crippen LogP contribution in [0.25, 0.3) is 10.2 Å². The third-order valence-corrected chi connectivity index (χ3v) is 6.88. The zero-order valence-electron chi connectivity index (χ0n) is 18.0. The van der Waals surface area contributed by atoms with E-state index >= 15 is 0 Å². The van der Waals surface area contributed by atoms with Crippen molar-refractivity contribution in [3.05, 3.63) is 55.9 Å². The topological polar surface area (TPSA) is 87.8 Å². The number of esters is 1. The third-order valence-electron chi connectivity index (χ3n) is 5.47. The van der Waals surface area contributed by atoms with Crippen molar-refractivity contribution < 1.29 is 14.3 Å². The normalized spacial score (nSPS) is 14.8. The summed E-state index contributed by atoms with van der Waals surface area (Å²) in [5, 5.41) is 1.18. The molecular formula is C22H25ClN4O4S. The van der Waals surface area contributed by atoms with Crippen molar-refractivity contribution in [2.75, 3.05) is 51.4 Å². The molecule has 0 radical (unpaired) electrons. The average Bonchev–Trinajstić information content (AvgIpc) is 3.11. The van der Waals surface area contributed by atoms with Gasteiger partial charge in [-0.25, -0.2) is 9.78 Å². The van der Waals surface area contributed by atoms with E-state index in [1.165, 1.54) is 11.3 Å². The fraction of sp³-hybridized carbons (Fsp3) is 0.409. The van der Waals surface area contributed by atoms with Gasteiger partial charge in [0.1, 0.15) is 22.1 Å². The molecule has 1 saturated heterocycles. The Hall–Kier alpha value is -2.46. The van der Waals surface area contributed by atoms with E-state index in [2.05, 4.69) is 25.8 Å². The van der Waals surface area contributed by atoms with Crippen LogP contribution in [0, 0.1) is 6.92 Å². The predicted octanol–water partition coefficient (Wildman–Crippen LogP) is 3.07. The maximum atomic E-state index is 12.7. The highest BCUT2D eigenvalue weighted by Gasteiger charge is 2.22. The molecule has 0 bridgehead atoms. The van der Waals surface area contributed by atoms with Gasteiger partial charge in [0.15, 0.2) is 0 Å². The van der Waals surface area contributed by atoms with E-state index in [9.17, 15) is 9.59 Å². The number of anilines is 1. The van der Waals surface area contributed by atoms with Gasteiger partial charge in [-0.1, -0.05) is 17.7 Å². The van der Waals surface area contributed by atoms with Gasteiger partial charge in [-0.05, 0) is 30.7 Å². The van der Waals surface area contributed by atoms with Crippen LogP contribution in [0.3, 0.4) is 0 Å². The Morgan fingerprint density at radius 1 is 1.25 bits per heavy atom. The number of halogens is 1. The minimum Gasteiger partial charge on any atom is -0.459 e. The minimum absolute atomic E-state index is 0.166. The summed E-state index contributed by atoms with van der Waals surface area (Å²) in [5.41, 5.74) is 1.49. The summed E-state index contributed by atoms with van der Waals surface area (Å²) in [4.78, 5) is 38.1. The first kappa shape index (κ1) is 22.7. The lowest BCUT2D eigenvalue weighted by Gasteiger charge is -2.35. The number of benzene rings is 1. The highest BCUT2D eigenvalue weighted by molar-refractivity contribution is 7.20. The van der Waals surface area contributed by atoms with Gasteiger partial charge in [0.05, 0.1) is 18.5 Å². The fourth-order valence-corrected chi connectivity index (χ4v) is 5.07. The number of carbonyl (C=O) groups excluding carboxylic acids is 1. The summed E-state index contributed by atoms with van der Waals surface area (Å²) in [6.45, 7) is 6.19. The molecule has 0 atom stereocenters. The van der Waals surface area contributed by atoms with Gasteiger partial charge in [-0.2, -0.15) is 0 Å². The van der Waals surface area contributed by atoms with Crippen molar-refractivity contribution in [1.82, 2.24) is 14.9 Å². The number of carbonyl (C=O) groups is 1. The van der Waals surface area contributed by atoms with Crippen LogP contribution in [0.2, 0.25) is 5.02 Å². The lowest BCUT2D eigenvalue weighted by atomic mass is 10.2. The SMILES string of the molecule is COCCOC(=O)c1sc2nc(CN3CCN(c4cccc(Cl)c4)CC3)[nH]c(=O)c2c1C. The van der Waals surface area contributed by atoms with Crippen LogP contribution >= 0.6 is 22.9 Å². The van der Waals surface area contributed by atoms with Gasteiger partial charge in [-0.3, -0.25) is 9.69 Å². The standard InChI is InChI=1S/C22H25ClN4O4S/c1-14-18-20(28)24-17(25-21(18)32-19(14)22(29)31-11-10-30-2)13-26-6-8-27(9-7-26)16-5-3-4-15(23)12-16/h3-5,12H,6-11,13H2,1-2H3,(H,24,25,28). The molecule has 1 N–H and O–H groups in total. The zero-order chi connectivity index (χ0) is 22.7. The van der Waals surface area contributed by atoms with Crippen molar-refractivity contribution in [2.24, 2.45) is 0 Å². The first-order valence-corrected chi connectivity index (χ1v) is 11.6. The van der Waals surface area contributed by atoms with Gasteiger partial charge < -0.3 is 19.4 Å². The van der Waals surface area contributed by atoms with Crippen LogP contribution < -0.4 is 10.5 Å². The zero-order valence-corrected chi connectivity index (χ0v) is 19.6. The summed E-state index contributed by atoms with van der Waals surface area (Å²) >= 11 is 7.31. The molecule has 1 aliphatic heterocycles. The van der Waals surface area contributed by atoms with Crippen LogP contribution in [0.15, 0.2) is 29.1 Å². The molecule has 3 heterocycles. The lowest BCUT2D eigenvalue weighted by Crippen LogP contribution is -2.46. The second-order valence-electron chi connectivity index (χ2n) is 7.62. The molecule has 0 amide bonds. The Bertz CT molecular complexity index is 1170. The molecule has 2 aromatic heterocycles. The number of ether oxygens (including phenoxy) is 2. The number of piperazine rings is 1. The van der Waals surface area contributed by atoms with E-state index in [1.54, 1.807) is 14.0 Å². The van der Waals surface area contributed by atoms with Crippen molar-refractivity contribution in [3.8, 4) is 0 Å². The first-order chi connectivity index (χ1) is 15.5. The number of H-pyrrole nitrogens is 1. The second kappa shape index (κ2) is 9.99. The van der Waals surface area contributed by atoms with Crippen molar-refractivity contribution >= 4 is 44.8 Å². The quantitative estimate of drug-likeness (QED) is 0.414. The molecule has 3 aromatic rings. The molecule has 0 unspecified atom stereocenters. The van der Waals surface area contributed by atoms with E-state index in [4.69, 9.17) is 21.1 Å². The van der Waals surface area contributed by atoms with E-state index in [-0.39, 0.29) is 12.2 Å². The van der Waals surface area contributed by atoms with Gasteiger partial charge in [0, 0.05) is 44.0 Å². The Morgan fingerprint density at radius 2 is 2.03 bits per heavy atom. The number of nitrogens with one attached hydrogen (secondary N) is 1. The lowest BCUT2D eigenvalue weighted by molar-refractivity contribution is 0.0393. The number of hydrogen-bond acceptors (Lipinski definition) is 8. The first-order valence-electron chi connectivity index (χ1n) is 10.4. The van der Waals surface area contributed by atoms with Crippen LogP contribution in [-0.2, 0) is 16.0 Å². The monoisotopic (exact) mass is 476 g/mol. The minimum atomic E-state index is -0.458. The summed E-state index contributed by atoms with van der Waals surface area (Å²) < 4.78 is 10.1. The van der Waals surface area contributed by atoms with Gasteiger partial charge in [-0.15, -0.1) is 11.3 Å². The van der Waals surface area contributed by atoms with Crippen molar-refractivity contribution in [3.63, 3.8) is 0 Å². The number of aromatic nitrogens is 2. The number of nitrogens with zero attached hydrogens (tertiary/aromatic N) is 3. The van der Waals surface area contributed by atoms with Crippen LogP contribution in [0.4, 0.5) is 5.69 Å². The van der Waals surface area contributed by atoms with E-state index < -0.39 is 5.97 Å². The molecule has 4 rings (SSSR count). The number of thiophene rings is 1. The van der Waals surface area contributed by atoms with E-state index in [1.807, 2.05) is 18.2 Å². The molecule has 32 heavy (non-hydrogen) atoms. The molecule has 1 aliphatic rings. The average molecular weight is 477 g/mol. The molecule has 1 aromatic carbocycles. The Balaban J connectivity index is 1.45. The summed E-state index contributed by atoms with van der Waals surface area (Å²) in [7, 11) is 1.54. The maximum Gasteiger partial charge on any atom is 0.348 e. The number of aryl methyl sites for hydroxylation is 1. The molecule has 10 heteroatoms. The van der Waals surface area contributed by atoms with Gasteiger partial charge in [0.25, 0.3) is 5.56 Å². The smallest absolute Gasteiger partial charge is 0.348 e. The molecule has 8 nitrogen and oxygen atoms in total. The summed E-state index contributed by atoms with van der Waals surface area (Å²) in [5.74, 6) is 0.139. The fourth-order valence-electron chi connectivity index (χ4n) is 3.79. The Labute approximate surface area is 194 Å². The van der Waals surface area contributed by atoms with Crippen LogP contribution in [0.5, 0.6) is 0 Å². The number of methoxy groups -OCH3 is 1. The molecule has 0 aliphatic carbocycles. The summed E-state index contributed by atoms with van der Waals surface area (Å²) in [6, 6.07) is 7.86. The van der Waals surface area contributed by atoms with E-state index in [0.29, 0.717) is 39.6 Å². The number of hydrogen-bond donors (Lipinski definition) is 1. The predicted molar refractivity (Wildman–Crippen MR) is 126 cm³/mol. The highest BCUT2D eigenvalue weighted by Crippen LogP contribution is 2.28. The largest absolute Gasteiger partial charge is 0.459 e. The van der Waals surface area contributed by atoms with E-state index in [0.717, 1.165) is 36.9 Å². The van der Waals surface area contributed by atoms with Gasteiger partial charge in [0.2, 0.25) is 0 Å². The Kier molecular flexibility index (Phi) is 7.10. The molecule has 170 valence electrons. The second-order valence-corrected chi connectivity index (χ2v) is 9.06. The number of fused-ring (bicyclic) bond motifs is 1.